The first-order valence-electron chi connectivity index (χ1n) is 5.36. The number of nitrogens with one attached hydrogen (secondary N) is 1. The van der Waals surface area contributed by atoms with Gasteiger partial charge in [0, 0.05) is 22.8 Å². The van der Waals surface area contributed by atoms with Crippen LogP contribution in [0.1, 0.15) is 18.4 Å². The number of rotatable bonds is 2. The van der Waals surface area contributed by atoms with E-state index >= 15 is 0 Å². The van der Waals surface area contributed by atoms with Gasteiger partial charge < -0.3 is 10.1 Å². The summed E-state index contributed by atoms with van der Waals surface area (Å²) in [6, 6.07) is 6.83. The second kappa shape index (κ2) is 4.99. The van der Waals surface area contributed by atoms with E-state index in [0.29, 0.717) is 6.04 Å². The molecule has 2 rings (SSSR count). The number of aryl methyl sites for hydroxylation is 1. The van der Waals surface area contributed by atoms with Gasteiger partial charge >= 0.3 is 0 Å². The summed E-state index contributed by atoms with van der Waals surface area (Å²) in [6.45, 7) is 3.83. The highest BCUT2D eigenvalue weighted by Gasteiger charge is 2.14. The van der Waals surface area contributed by atoms with E-state index in [1.165, 1.54) is 12.0 Å². The number of hydrogen-bond acceptors (Lipinski definition) is 2. The Morgan fingerprint density at radius 2 is 2.33 bits per heavy atom. The second-order valence-electron chi connectivity index (χ2n) is 4.04. The van der Waals surface area contributed by atoms with Crippen LogP contribution in [0.4, 0.5) is 5.69 Å². The lowest BCUT2D eigenvalue weighted by atomic mass is 10.1. The molecule has 1 aliphatic rings. The van der Waals surface area contributed by atoms with Crippen molar-refractivity contribution in [1.82, 2.24) is 0 Å². The molecule has 3 heteroatoms. The number of benzene rings is 1. The summed E-state index contributed by atoms with van der Waals surface area (Å²) < 4.78 is 6.57. The Labute approximate surface area is 99.1 Å². The lowest BCUT2D eigenvalue weighted by Crippen LogP contribution is -2.30. The van der Waals surface area contributed by atoms with E-state index in [1.807, 2.05) is 0 Å². The number of hydrogen-bond donors (Lipinski definition) is 1. The molecule has 2 nitrogen and oxygen atoms in total. The van der Waals surface area contributed by atoms with Gasteiger partial charge in [-0.2, -0.15) is 0 Å². The van der Waals surface area contributed by atoms with Gasteiger partial charge in [0.25, 0.3) is 0 Å². The van der Waals surface area contributed by atoms with Crippen LogP contribution in [0.25, 0.3) is 0 Å². The van der Waals surface area contributed by atoms with Crippen LogP contribution in [0.15, 0.2) is 22.7 Å². The minimum absolute atomic E-state index is 0.456. The maximum absolute atomic E-state index is 5.44. The number of anilines is 1. The molecule has 1 aromatic carbocycles. The van der Waals surface area contributed by atoms with Crippen molar-refractivity contribution in [1.29, 1.82) is 0 Å². The van der Waals surface area contributed by atoms with Gasteiger partial charge in [0.1, 0.15) is 0 Å². The van der Waals surface area contributed by atoms with Gasteiger partial charge in [-0.15, -0.1) is 0 Å². The normalized spacial score (nSPS) is 21.3. The average molecular weight is 270 g/mol. The summed E-state index contributed by atoms with van der Waals surface area (Å²) in [5, 5.41) is 3.50. The molecule has 1 heterocycles. The van der Waals surface area contributed by atoms with E-state index in [0.717, 1.165) is 29.8 Å². The minimum Gasteiger partial charge on any atom is -0.379 e. The SMILES string of the molecule is Cc1ccc(NC2CCCOC2)c(Br)c1. The first-order valence-corrected chi connectivity index (χ1v) is 6.15. The molecule has 1 N–H and O–H groups in total. The Morgan fingerprint density at radius 3 is 3.00 bits per heavy atom. The summed E-state index contributed by atoms with van der Waals surface area (Å²) in [7, 11) is 0. The quantitative estimate of drug-likeness (QED) is 0.889. The molecule has 15 heavy (non-hydrogen) atoms. The molecule has 0 radical (unpaired) electrons. The van der Waals surface area contributed by atoms with Crippen molar-refractivity contribution in [2.24, 2.45) is 0 Å². The van der Waals surface area contributed by atoms with Gasteiger partial charge in [0.2, 0.25) is 0 Å². The molecule has 0 aliphatic carbocycles. The molecule has 1 atom stereocenters. The van der Waals surface area contributed by atoms with Crippen molar-refractivity contribution in [2.75, 3.05) is 18.5 Å². The molecule has 1 saturated heterocycles. The van der Waals surface area contributed by atoms with Crippen LogP contribution in [-0.2, 0) is 4.74 Å². The van der Waals surface area contributed by atoms with Gasteiger partial charge in [0.15, 0.2) is 0 Å². The lowest BCUT2D eigenvalue weighted by Gasteiger charge is -2.24. The largest absolute Gasteiger partial charge is 0.379 e. The van der Waals surface area contributed by atoms with Crippen molar-refractivity contribution in [3.05, 3.63) is 28.2 Å². The Kier molecular flexibility index (Phi) is 3.65. The standard InChI is InChI=1S/C12H16BrNO/c1-9-4-5-12(11(13)7-9)14-10-3-2-6-15-8-10/h4-5,7,10,14H,2-3,6,8H2,1H3. The molecular formula is C12H16BrNO. The molecule has 0 spiro atoms. The minimum atomic E-state index is 0.456. The number of ether oxygens (including phenoxy) is 1. The van der Waals surface area contributed by atoms with Gasteiger partial charge in [0.05, 0.1) is 6.61 Å². The van der Waals surface area contributed by atoms with Gasteiger partial charge in [-0.05, 0) is 53.4 Å². The molecule has 1 aromatic rings. The van der Waals surface area contributed by atoms with E-state index in [-0.39, 0.29) is 0 Å². The van der Waals surface area contributed by atoms with E-state index in [1.54, 1.807) is 0 Å². The third kappa shape index (κ3) is 2.95. The average Bonchev–Trinajstić information content (AvgIpc) is 2.24. The smallest absolute Gasteiger partial charge is 0.0667 e. The van der Waals surface area contributed by atoms with Crippen molar-refractivity contribution in [3.63, 3.8) is 0 Å². The number of halogens is 1. The fraction of sp³-hybridized carbons (Fsp3) is 0.500. The molecule has 0 amide bonds. The van der Waals surface area contributed by atoms with E-state index in [2.05, 4.69) is 46.4 Å². The van der Waals surface area contributed by atoms with Crippen LogP contribution < -0.4 is 5.32 Å². The van der Waals surface area contributed by atoms with Crippen molar-refractivity contribution < 1.29 is 4.74 Å². The summed E-state index contributed by atoms with van der Waals surface area (Å²) in [6.07, 6.45) is 2.35. The highest BCUT2D eigenvalue weighted by Crippen LogP contribution is 2.25. The molecule has 0 bridgehead atoms. The Hall–Kier alpha value is -0.540. The Morgan fingerprint density at radius 1 is 1.47 bits per heavy atom. The van der Waals surface area contributed by atoms with E-state index in [4.69, 9.17) is 4.74 Å². The first-order chi connectivity index (χ1) is 7.25. The van der Waals surface area contributed by atoms with Gasteiger partial charge in [-0.1, -0.05) is 6.07 Å². The van der Waals surface area contributed by atoms with E-state index < -0.39 is 0 Å². The molecule has 1 aliphatic heterocycles. The zero-order valence-corrected chi connectivity index (χ0v) is 10.5. The predicted molar refractivity (Wildman–Crippen MR) is 66.3 cm³/mol. The van der Waals surface area contributed by atoms with Gasteiger partial charge in [-0.3, -0.25) is 0 Å². The Bertz CT molecular complexity index is 334. The third-order valence-electron chi connectivity index (χ3n) is 2.64. The van der Waals surface area contributed by atoms with E-state index in [9.17, 15) is 0 Å². The summed E-state index contributed by atoms with van der Waals surface area (Å²) in [4.78, 5) is 0. The van der Waals surface area contributed by atoms with Crippen molar-refractivity contribution >= 4 is 21.6 Å². The summed E-state index contributed by atoms with van der Waals surface area (Å²) >= 11 is 3.57. The fourth-order valence-electron chi connectivity index (χ4n) is 1.81. The summed E-state index contributed by atoms with van der Waals surface area (Å²) in [5.74, 6) is 0. The molecule has 0 aromatic heterocycles. The molecule has 1 unspecified atom stereocenters. The van der Waals surface area contributed by atoms with Crippen LogP contribution in [0.5, 0.6) is 0 Å². The zero-order valence-electron chi connectivity index (χ0n) is 8.92. The topological polar surface area (TPSA) is 21.3 Å². The lowest BCUT2D eigenvalue weighted by molar-refractivity contribution is 0.0876. The third-order valence-corrected chi connectivity index (χ3v) is 3.30. The second-order valence-corrected chi connectivity index (χ2v) is 4.90. The van der Waals surface area contributed by atoms with Gasteiger partial charge in [-0.25, -0.2) is 0 Å². The fourth-order valence-corrected chi connectivity index (χ4v) is 2.42. The maximum Gasteiger partial charge on any atom is 0.0667 e. The van der Waals surface area contributed by atoms with Crippen LogP contribution >= 0.6 is 15.9 Å². The zero-order chi connectivity index (χ0) is 10.7. The van der Waals surface area contributed by atoms with Crippen LogP contribution in [0.2, 0.25) is 0 Å². The maximum atomic E-state index is 5.44. The molecule has 0 saturated carbocycles. The Balaban J connectivity index is 2.03. The van der Waals surface area contributed by atoms with Crippen molar-refractivity contribution in [2.45, 2.75) is 25.8 Å². The highest BCUT2D eigenvalue weighted by atomic mass is 79.9. The summed E-state index contributed by atoms with van der Waals surface area (Å²) in [5.41, 5.74) is 2.43. The predicted octanol–water partition coefficient (Wildman–Crippen LogP) is 3.35. The monoisotopic (exact) mass is 269 g/mol. The molecular weight excluding hydrogens is 254 g/mol. The van der Waals surface area contributed by atoms with Crippen LogP contribution in [0, 0.1) is 6.92 Å². The highest BCUT2D eigenvalue weighted by molar-refractivity contribution is 9.10. The molecule has 1 fully saturated rings. The molecule has 82 valence electrons. The first kappa shape index (κ1) is 11.0. The van der Waals surface area contributed by atoms with Crippen LogP contribution in [0.3, 0.4) is 0 Å². The van der Waals surface area contributed by atoms with Crippen molar-refractivity contribution in [3.8, 4) is 0 Å². The van der Waals surface area contributed by atoms with Crippen LogP contribution in [-0.4, -0.2) is 19.3 Å².